The molecule has 1 atom stereocenters. The number of rotatable bonds is 4. The Balaban J connectivity index is 3.55. The summed E-state index contributed by atoms with van der Waals surface area (Å²) in [6, 6.07) is -0.567. The molecule has 0 amide bonds. The summed E-state index contributed by atoms with van der Waals surface area (Å²) in [6.45, 7) is 0. The maximum atomic E-state index is 9.94. The normalized spacial score (nSPS) is 12.6. The molecule has 0 unspecified atom stereocenters. The van der Waals surface area contributed by atoms with Crippen molar-refractivity contribution in [3.8, 4) is 0 Å². The molecule has 0 rings (SSSR count). The quantitative estimate of drug-likeness (QED) is 0.413. The average Bonchev–Trinajstić information content (AvgIpc) is 1.82. The molecule has 5 heteroatoms. The van der Waals surface area contributed by atoms with Crippen molar-refractivity contribution in [1.82, 2.24) is 3.53 Å². The van der Waals surface area contributed by atoms with E-state index in [0.29, 0.717) is 6.29 Å². The molecule has 0 saturated heterocycles. The number of aldehydes is 1. The minimum atomic E-state index is -0.976. The standard InChI is InChI=1S/C4H6INO3/c5-6-3(2-7)1-4(8)9/h2-3,6H,1H2,(H,8,9)/t3-/m0/s1. The number of hydrogen-bond donors (Lipinski definition) is 2. The molecule has 0 aliphatic heterocycles. The third-order valence-electron chi connectivity index (χ3n) is 0.699. The molecule has 9 heavy (non-hydrogen) atoms. The van der Waals surface area contributed by atoms with Crippen LogP contribution in [0.1, 0.15) is 6.42 Å². The zero-order valence-electron chi connectivity index (χ0n) is 4.50. The van der Waals surface area contributed by atoms with Gasteiger partial charge in [-0.2, -0.15) is 0 Å². The van der Waals surface area contributed by atoms with Crippen molar-refractivity contribution >= 4 is 35.1 Å². The van der Waals surface area contributed by atoms with E-state index < -0.39 is 12.0 Å². The SMILES string of the molecule is O=C[C@H](CC(=O)O)NI. The lowest BCUT2D eigenvalue weighted by atomic mass is 10.2. The van der Waals surface area contributed by atoms with E-state index in [-0.39, 0.29) is 6.42 Å². The van der Waals surface area contributed by atoms with Crippen molar-refractivity contribution in [2.24, 2.45) is 0 Å². The fourth-order valence-corrected chi connectivity index (χ4v) is 0.668. The molecular weight excluding hydrogens is 237 g/mol. The maximum Gasteiger partial charge on any atom is 0.305 e. The molecule has 0 bridgehead atoms. The van der Waals surface area contributed by atoms with Gasteiger partial charge in [-0.25, -0.2) is 0 Å². The van der Waals surface area contributed by atoms with E-state index in [1.54, 1.807) is 22.9 Å². The van der Waals surface area contributed by atoms with Crippen molar-refractivity contribution in [3.05, 3.63) is 0 Å². The molecule has 0 aromatic rings. The van der Waals surface area contributed by atoms with Crippen LogP contribution in [0.4, 0.5) is 0 Å². The minimum absolute atomic E-state index is 0.160. The molecule has 0 radical (unpaired) electrons. The van der Waals surface area contributed by atoms with Gasteiger partial charge in [-0.1, -0.05) is 0 Å². The summed E-state index contributed by atoms with van der Waals surface area (Å²) in [5.41, 5.74) is 0. The molecule has 52 valence electrons. The number of carboxylic acids is 1. The van der Waals surface area contributed by atoms with Gasteiger partial charge in [-0.3, -0.25) is 8.32 Å². The largest absolute Gasteiger partial charge is 0.481 e. The fourth-order valence-electron chi connectivity index (χ4n) is 0.301. The second-order valence-electron chi connectivity index (χ2n) is 1.45. The topological polar surface area (TPSA) is 66.4 Å². The lowest BCUT2D eigenvalue weighted by Gasteiger charge is -2.00. The van der Waals surface area contributed by atoms with Crippen molar-refractivity contribution < 1.29 is 14.7 Å². The van der Waals surface area contributed by atoms with Gasteiger partial charge in [-0.05, 0) is 0 Å². The number of carbonyl (C=O) groups is 2. The number of nitrogens with one attached hydrogen (secondary N) is 1. The lowest BCUT2D eigenvalue weighted by molar-refractivity contribution is -0.138. The molecule has 0 aliphatic carbocycles. The second-order valence-corrected chi connectivity index (χ2v) is 2.07. The first kappa shape index (κ1) is 8.83. The Morgan fingerprint density at radius 1 is 1.89 bits per heavy atom. The fraction of sp³-hybridized carbons (Fsp3) is 0.500. The van der Waals surface area contributed by atoms with E-state index in [4.69, 9.17) is 5.11 Å². The van der Waals surface area contributed by atoms with Crippen molar-refractivity contribution in [3.63, 3.8) is 0 Å². The molecule has 0 fully saturated rings. The number of hydrogen-bond acceptors (Lipinski definition) is 3. The van der Waals surface area contributed by atoms with Gasteiger partial charge in [0.2, 0.25) is 0 Å². The summed E-state index contributed by atoms with van der Waals surface area (Å²) in [7, 11) is 0. The van der Waals surface area contributed by atoms with Gasteiger partial charge in [0.25, 0.3) is 0 Å². The number of aliphatic carboxylic acids is 1. The minimum Gasteiger partial charge on any atom is -0.481 e. The Morgan fingerprint density at radius 2 is 2.44 bits per heavy atom. The molecule has 0 aromatic carbocycles. The second kappa shape index (κ2) is 4.68. The highest BCUT2D eigenvalue weighted by Crippen LogP contribution is 1.89. The summed E-state index contributed by atoms with van der Waals surface area (Å²) >= 11 is 1.74. The number of carboxylic acid groups (broad SMARTS) is 1. The third kappa shape index (κ3) is 4.34. The molecule has 0 saturated carbocycles. The van der Waals surface area contributed by atoms with E-state index in [1.807, 2.05) is 0 Å². The van der Waals surface area contributed by atoms with Crippen LogP contribution in [0.5, 0.6) is 0 Å². The van der Waals surface area contributed by atoms with E-state index in [0.717, 1.165) is 0 Å². The summed E-state index contributed by atoms with van der Waals surface area (Å²) < 4.78 is 2.50. The van der Waals surface area contributed by atoms with Crippen LogP contribution in [-0.2, 0) is 9.59 Å². The van der Waals surface area contributed by atoms with Crippen molar-refractivity contribution in [2.75, 3.05) is 0 Å². The lowest BCUT2D eigenvalue weighted by Crippen LogP contribution is -2.24. The van der Waals surface area contributed by atoms with Crippen LogP contribution < -0.4 is 3.53 Å². The first-order valence-corrected chi connectivity index (χ1v) is 3.31. The molecule has 0 aliphatic rings. The monoisotopic (exact) mass is 243 g/mol. The summed E-state index contributed by atoms with van der Waals surface area (Å²) in [5.74, 6) is -0.976. The number of carbonyl (C=O) groups excluding carboxylic acids is 1. The molecule has 0 spiro atoms. The summed E-state index contributed by atoms with van der Waals surface area (Å²) in [4.78, 5) is 19.9. The first-order chi connectivity index (χ1) is 4.20. The number of halogens is 1. The van der Waals surface area contributed by atoms with Crippen LogP contribution in [0.3, 0.4) is 0 Å². The predicted octanol–water partition coefficient (Wildman–Crippen LogP) is -0.0318. The van der Waals surface area contributed by atoms with Gasteiger partial charge in [0.15, 0.2) is 0 Å². The van der Waals surface area contributed by atoms with E-state index in [1.165, 1.54) is 0 Å². The first-order valence-electron chi connectivity index (χ1n) is 2.24. The Labute approximate surface area is 66.1 Å². The zero-order chi connectivity index (χ0) is 7.28. The van der Waals surface area contributed by atoms with Crippen molar-refractivity contribution in [1.29, 1.82) is 0 Å². The highest BCUT2D eigenvalue weighted by Gasteiger charge is 2.08. The van der Waals surface area contributed by atoms with Crippen LogP contribution in [0.2, 0.25) is 0 Å². The Morgan fingerprint density at radius 3 is 2.56 bits per heavy atom. The van der Waals surface area contributed by atoms with Gasteiger partial charge in [0, 0.05) is 22.9 Å². The average molecular weight is 243 g/mol. The van der Waals surface area contributed by atoms with E-state index in [2.05, 4.69) is 3.53 Å². The summed E-state index contributed by atoms with van der Waals surface area (Å²) in [5, 5.41) is 8.14. The van der Waals surface area contributed by atoms with Crippen LogP contribution >= 0.6 is 22.9 Å². The van der Waals surface area contributed by atoms with Gasteiger partial charge in [0.05, 0.1) is 12.5 Å². The van der Waals surface area contributed by atoms with Crippen LogP contribution in [0.15, 0.2) is 0 Å². The van der Waals surface area contributed by atoms with Gasteiger partial charge in [-0.15, -0.1) is 0 Å². The molecule has 4 nitrogen and oxygen atoms in total. The molecule has 0 heterocycles. The van der Waals surface area contributed by atoms with Crippen LogP contribution in [0.25, 0.3) is 0 Å². The van der Waals surface area contributed by atoms with Crippen LogP contribution in [0, 0.1) is 0 Å². The molecular formula is C4H6INO3. The van der Waals surface area contributed by atoms with Gasteiger partial charge in [0.1, 0.15) is 6.29 Å². The molecule has 0 aromatic heterocycles. The Kier molecular flexibility index (Phi) is 4.60. The van der Waals surface area contributed by atoms with E-state index in [9.17, 15) is 9.59 Å². The van der Waals surface area contributed by atoms with Gasteiger partial charge < -0.3 is 9.90 Å². The third-order valence-corrected chi connectivity index (χ3v) is 1.50. The van der Waals surface area contributed by atoms with Crippen molar-refractivity contribution in [2.45, 2.75) is 12.5 Å². The van der Waals surface area contributed by atoms with Gasteiger partial charge >= 0.3 is 5.97 Å². The maximum absolute atomic E-state index is 9.94. The van der Waals surface area contributed by atoms with E-state index >= 15 is 0 Å². The van der Waals surface area contributed by atoms with Crippen LogP contribution in [-0.4, -0.2) is 23.4 Å². The zero-order valence-corrected chi connectivity index (χ0v) is 6.66. The Hall–Kier alpha value is -0.170. The molecule has 2 N–H and O–H groups in total. The highest BCUT2D eigenvalue weighted by atomic mass is 127. The summed E-state index contributed by atoms with van der Waals surface area (Å²) in [6.07, 6.45) is 0.410. The highest BCUT2D eigenvalue weighted by molar-refractivity contribution is 14.1. The smallest absolute Gasteiger partial charge is 0.305 e. The predicted molar refractivity (Wildman–Crippen MR) is 39.3 cm³/mol. The Bertz CT molecular complexity index is 116.